The first-order chi connectivity index (χ1) is 14.7. The molecule has 30 heavy (non-hydrogen) atoms. The summed E-state index contributed by atoms with van der Waals surface area (Å²) in [5, 5.41) is 22.4. The molecule has 0 spiro atoms. The third kappa shape index (κ3) is 3.55. The van der Waals surface area contributed by atoms with E-state index >= 15 is 0 Å². The summed E-state index contributed by atoms with van der Waals surface area (Å²) in [5.74, 6) is 0.962. The van der Waals surface area contributed by atoms with Gasteiger partial charge in [-0.2, -0.15) is 21.2 Å². The van der Waals surface area contributed by atoms with Gasteiger partial charge in [0.15, 0.2) is 0 Å². The summed E-state index contributed by atoms with van der Waals surface area (Å²) in [7, 11) is 0. The number of hydrazone groups is 1. The molecule has 0 N–H and O–H groups in total. The minimum absolute atomic E-state index is 0.0565. The van der Waals surface area contributed by atoms with Crippen molar-refractivity contribution < 1.29 is 9.21 Å². The Morgan fingerprint density at radius 1 is 1.20 bits per heavy atom. The molecule has 5 rings (SSSR count). The van der Waals surface area contributed by atoms with Gasteiger partial charge in [-0.1, -0.05) is 29.8 Å². The number of aromatic nitrogens is 4. The minimum Gasteiger partial charge on any atom is -0.467 e. The predicted octanol–water partition coefficient (Wildman–Crippen LogP) is 3.68. The number of furan rings is 1. The smallest absolute Gasteiger partial charge is 0.267 e. The average molecular weight is 418 g/mol. The van der Waals surface area contributed by atoms with Crippen LogP contribution in [-0.2, 0) is 11.3 Å². The van der Waals surface area contributed by atoms with E-state index < -0.39 is 0 Å². The third-order valence-electron chi connectivity index (χ3n) is 4.93. The van der Waals surface area contributed by atoms with Crippen molar-refractivity contribution in [2.75, 3.05) is 0 Å². The molecule has 0 bridgehead atoms. The van der Waals surface area contributed by atoms with Crippen molar-refractivity contribution in [3.8, 4) is 11.4 Å². The number of carbonyl (C=O) groups is 1. The van der Waals surface area contributed by atoms with Crippen LogP contribution in [-0.4, -0.2) is 36.8 Å². The normalized spacial score (nSPS) is 16.1. The molecule has 1 atom stereocenters. The van der Waals surface area contributed by atoms with E-state index in [-0.39, 0.29) is 18.5 Å². The van der Waals surface area contributed by atoms with Crippen LogP contribution in [0.3, 0.4) is 0 Å². The first-order valence-electron chi connectivity index (χ1n) is 9.48. The zero-order chi connectivity index (χ0) is 20.5. The molecule has 1 amide bonds. The van der Waals surface area contributed by atoms with Gasteiger partial charge >= 0.3 is 0 Å². The minimum atomic E-state index is -0.302. The molecule has 0 saturated heterocycles. The molecule has 8 nitrogen and oxygen atoms in total. The Morgan fingerprint density at radius 3 is 2.80 bits per heavy atom. The molecule has 0 radical (unpaired) electrons. The molecule has 9 heteroatoms. The first-order valence-corrected chi connectivity index (χ1v) is 10.4. The summed E-state index contributed by atoms with van der Waals surface area (Å²) in [5.41, 5.74) is 3.89. The summed E-state index contributed by atoms with van der Waals surface area (Å²) in [4.78, 5) is 14.4. The Morgan fingerprint density at radius 2 is 2.07 bits per heavy atom. The molecule has 4 aromatic rings. The van der Waals surface area contributed by atoms with Crippen molar-refractivity contribution in [2.24, 2.45) is 5.10 Å². The molecule has 0 aliphatic carbocycles. The van der Waals surface area contributed by atoms with Crippen molar-refractivity contribution in [1.82, 2.24) is 25.2 Å². The van der Waals surface area contributed by atoms with E-state index in [1.54, 1.807) is 17.6 Å². The second-order valence-corrected chi connectivity index (χ2v) is 7.82. The van der Waals surface area contributed by atoms with E-state index in [4.69, 9.17) is 4.42 Å². The van der Waals surface area contributed by atoms with Gasteiger partial charge in [0.1, 0.15) is 18.3 Å². The van der Waals surface area contributed by atoms with Gasteiger partial charge in [-0.25, -0.2) is 5.01 Å². The molecule has 4 heterocycles. The molecule has 1 aliphatic rings. The van der Waals surface area contributed by atoms with E-state index in [9.17, 15) is 4.79 Å². The SMILES string of the molecule is Cc1ccc(C2=NN(C(=O)Cn3nnc(-c4ccsc4)n3)[C@@H](c3ccco3)C2)cc1. The first kappa shape index (κ1) is 18.4. The van der Waals surface area contributed by atoms with Gasteiger partial charge in [-0.3, -0.25) is 4.79 Å². The molecule has 0 saturated carbocycles. The average Bonchev–Trinajstić information content (AvgIpc) is 3.55. The van der Waals surface area contributed by atoms with Crippen LogP contribution in [0.1, 0.15) is 29.3 Å². The number of nitrogens with zero attached hydrogens (tertiary/aromatic N) is 6. The number of amides is 1. The fraction of sp³-hybridized carbons (Fsp3) is 0.190. The van der Waals surface area contributed by atoms with Crippen LogP contribution in [0, 0.1) is 6.92 Å². The van der Waals surface area contributed by atoms with Crippen LogP contribution in [0.25, 0.3) is 11.4 Å². The van der Waals surface area contributed by atoms with Crippen molar-refractivity contribution in [3.05, 3.63) is 76.4 Å². The lowest BCUT2D eigenvalue weighted by atomic mass is 10.0. The quantitative estimate of drug-likeness (QED) is 0.493. The van der Waals surface area contributed by atoms with E-state index in [0.717, 1.165) is 16.8 Å². The van der Waals surface area contributed by atoms with Gasteiger partial charge in [0.2, 0.25) is 5.82 Å². The highest BCUT2D eigenvalue weighted by Crippen LogP contribution is 2.33. The van der Waals surface area contributed by atoms with Crippen molar-refractivity contribution in [1.29, 1.82) is 0 Å². The Kier molecular flexibility index (Phi) is 4.72. The summed E-state index contributed by atoms with van der Waals surface area (Å²) in [6, 6.07) is 13.4. The number of rotatable bonds is 5. The molecule has 1 aliphatic heterocycles. The molecule has 0 unspecified atom stereocenters. The van der Waals surface area contributed by atoms with Crippen molar-refractivity contribution in [2.45, 2.75) is 25.9 Å². The number of carbonyl (C=O) groups excluding carboxylic acids is 1. The maximum Gasteiger partial charge on any atom is 0.267 e. The largest absolute Gasteiger partial charge is 0.467 e. The fourth-order valence-electron chi connectivity index (χ4n) is 3.37. The maximum atomic E-state index is 13.1. The zero-order valence-corrected chi connectivity index (χ0v) is 17.0. The predicted molar refractivity (Wildman–Crippen MR) is 112 cm³/mol. The highest BCUT2D eigenvalue weighted by molar-refractivity contribution is 7.08. The lowest BCUT2D eigenvalue weighted by molar-refractivity contribution is -0.134. The number of tetrazole rings is 1. The lowest BCUT2D eigenvalue weighted by Gasteiger charge is -2.19. The zero-order valence-electron chi connectivity index (χ0n) is 16.2. The number of thiophene rings is 1. The highest BCUT2D eigenvalue weighted by atomic mass is 32.1. The Hall–Kier alpha value is -3.59. The van der Waals surface area contributed by atoms with Crippen LogP contribution in [0.4, 0.5) is 0 Å². The third-order valence-corrected chi connectivity index (χ3v) is 5.61. The van der Waals surface area contributed by atoms with Crippen LogP contribution >= 0.6 is 11.3 Å². The number of hydrogen-bond acceptors (Lipinski definition) is 7. The number of hydrogen-bond donors (Lipinski definition) is 0. The fourth-order valence-corrected chi connectivity index (χ4v) is 4.01. The topological polar surface area (TPSA) is 89.4 Å². The van der Waals surface area contributed by atoms with Gasteiger partial charge in [0.05, 0.1) is 12.0 Å². The van der Waals surface area contributed by atoms with E-state index in [1.807, 2.05) is 60.1 Å². The summed E-state index contributed by atoms with van der Waals surface area (Å²) in [6.07, 6.45) is 2.18. The van der Waals surface area contributed by atoms with E-state index in [2.05, 4.69) is 20.5 Å². The molecule has 1 aromatic carbocycles. The Bertz CT molecular complexity index is 1180. The monoisotopic (exact) mass is 418 g/mol. The van der Waals surface area contributed by atoms with Crippen molar-refractivity contribution >= 4 is 23.0 Å². The van der Waals surface area contributed by atoms with Crippen LogP contribution in [0.2, 0.25) is 0 Å². The van der Waals surface area contributed by atoms with Gasteiger partial charge in [-0.15, -0.1) is 10.2 Å². The number of aryl methyl sites for hydroxylation is 1. The molecular formula is C21H18N6O2S. The second kappa shape index (κ2) is 7.68. The summed E-state index contributed by atoms with van der Waals surface area (Å²) < 4.78 is 5.59. The lowest BCUT2D eigenvalue weighted by Crippen LogP contribution is -2.31. The Labute approximate surface area is 176 Å². The van der Waals surface area contributed by atoms with Gasteiger partial charge < -0.3 is 4.42 Å². The van der Waals surface area contributed by atoms with Gasteiger partial charge in [0, 0.05) is 17.4 Å². The van der Waals surface area contributed by atoms with Gasteiger partial charge in [-0.05, 0) is 41.3 Å². The van der Waals surface area contributed by atoms with Crippen molar-refractivity contribution in [3.63, 3.8) is 0 Å². The standard InChI is InChI=1S/C21H18N6O2S/c1-14-4-6-15(7-5-14)17-11-18(19-3-2-9-29-19)27(23-17)20(28)12-26-24-21(22-25-26)16-8-10-30-13-16/h2-10,13,18H,11-12H2,1H3/t18-/m1/s1. The highest BCUT2D eigenvalue weighted by Gasteiger charge is 2.35. The molecular weight excluding hydrogens is 400 g/mol. The van der Waals surface area contributed by atoms with E-state index in [1.165, 1.54) is 15.4 Å². The summed E-state index contributed by atoms with van der Waals surface area (Å²) in [6.45, 7) is 1.98. The molecule has 3 aromatic heterocycles. The Balaban J connectivity index is 1.40. The van der Waals surface area contributed by atoms with Crippen LogP contribution in [0.5, 0.6) is 0 Å². The summed E-state index contributed by atoms with van der Waals surface area (Å²) >= 11 is 1.56. The van der Waals surface area contributed by atoms with Crippen LogP contribution < -0.4 is 0 Å². The molecule has 0 fully saturated rings. The van der Waals surface area contributed by atoms with Gasteiger partial charge in [0.25, 0.3) is 5.91 Å². The molecule has 150 valence electrons. The van der Waals surface area contributed by atoms with E-state index in [0.29, 0.717) is 18.0 Å². The second-order valence-electron chi connectivity index (χ2n) is 7.04. The number of benzene rings is 1. The maximum absolute atomic E-state index is 13.1. The van der Waals surface area contributed by atoms with Crippen LogP contribution in [0.15, 0.2) is 69.0 Å².